The molecular formula is C23H26N6O2. The van der Waals surface area contributed by atoms with Crippen LogP contribution in [0, 0.1) is 6.92 Å². The molecule has 1 aromatic carbocycles. The van der Waals surface area contributed by atoms with E-state index in [-0.39, 0.29) is 0 Å². The number of amides is 1. The fraction of sp³-hybridized carbons (Fsp3) is 0.304. The normalized spacial score (nSPS) is 11.6. The lowest BCUT2D eigenvalue weighted by atomic mass is 10.0. The number of hydrogen-bond donors (Lipinski definition) is 1. The summed E-state index contributed by atoms with van der Waals surface area (Å²) in [7, 11) is 1.88. The zero-order chi connectivity index (χ0) is 22.2. The van der Waals surface area contributed by atoms with Gasteiger partial charge in [-0.3, -0.25) is 4.68 Å². The van der Waals surface area contributed by atoms with Crippen LogP contribution in [0.15, 0.2) is 48.9 Å². The van der Waals surface area contributed by atoms with Gasteiger partial charge in [-0.25, -0.2) is 14.3 Å². The summed E-state index contributed by atoms with van der Waals surface area (Å²) in [4.78, 5) is 16.4. The highest BCUT2D eigenvalue weighted by Crippen LogP contribution is 2.25. The van der Waals surface area contributed by atoms with Crippen molar-refractivity contribution < 1.29 is 9.53 Å². The third-order valence-electron chi connectivity index (χ3n) is 4.82. The van der Waals surface area contributed by atoms with Gasteiger partial charge in [-0.2, -0.15) is 10.2 Å². The number of hydrogen-bond acceptors (Lipinski definition) is 5. The molecule has 4 rings (SSSR count). The van der Waals surface area contributed by atoms with Crippen molar-refractivity contribution in [2.75, 3.05) is 0 Å². The molecule has 0 fully saturated rings. The number of fused-ring (bicyclic) bond motifs is 1. The van der Waals surface area contributed by atoms with Crippen LogP contribution in [0.25, 0.3) is 28.2 Å². The second-order valence-electron chi connectivity index (χ2n) is 8.53. The minimum absolute atomic E-state index is 0.402. The first-order valence-electron chi connectivity index (χ1n) is 10.1. The molecule has 0 saturated heterocycles. The summed E-state index contributed by atoms with van der Waals surface area (Å²) in [5.74, 6) is 0. The minimum Gasteiger partial charge on any atom is -0.444 e. The molecule has 0 bridgehead atoms. The Morgan fingerprint density at radius 3 is 2.65 bits per heavy atom. The molecule has 0 aliphatic rings. The number of aryl methyl sites for hydroxylation is 2. The number of benzene rings is 1. The van der Waals surface area contributed by atoms with Crippen LogP contribution in [0.1, 0.15) is 31.9 Å². The summed E-state index contributed by atoms with van der Waals surface area (Å²) in [6, 6.07) is 10.0. The Hall–Kier alpha value is -3.68. The van der Waals surface area contributed by atoms with E-state index in [2.05, 4.69) is 21.5 Å². The lowest BCUT2D eigenvalue weighted by Gasteiger charge is -2.20. The zero-order valence-corrected chi connectivity index (χ0v) is 18.4. The Labute approximate surface area is 180 Å². The molecule has 0 aliphatic heterocycles. The molecule has 0 aliphatic carbocycles. The van der Waals surface area contributed by atoms with Crippen molar-refractivity contribution in [3.8, 4) is 22.5 Å². The molecule has 4 aromatic rings. The number of aromatic nitrogens is 5. The summed E-state index contributed by atoms with van der Waals surface area (Å²) >= 11 is 0. The fourth-order valence-electron chi connectivity index (χ4n) is 3.34. The summed E-state index contributed by atoms with van der Waals surface area (Å²) in [6.07, 6.45) is 5.08. The minimum atomic E-state index is -0.520. The Morgan fingerprint density at radius 2 is 1.97 bits per heavy atom. The second-order valence-corrected chi connectivity index (χ2v) is 8.53. The van der Waals surface area contributed by atoms with E-state index in [1.807, 2.05) is 69.7 Å². The lowest BCUT2D eigenvalue weighted by molar-refractivity contribution is 0.0523. The molecule has 0 atom stereocenters. The number of ether oxygens (including phenoxy) is 1. The molecule has 3 heterocycles. The van der Waals surface area contributed by atoms with Crippen LogP contribution >= 0.6 is 0 Å². The lowest BCUT2D eigenvalue weighted by Crippen LogP contribution is -2.32. The van der Waals surface area contributed by atoms with Crippen molar-refractivity contribution in [1.29, 1.82) is 0 Å². The first-order valence-corrected chi connectivity index (χ1v) is 10.1. The van der Waals surface area contributed by atoms with Gasteiger partial charge in [0.2, 0.25) is 0 Å². The molecule has 8 nitrogen and oxygen atoms in total. The molecule has 0 radical (unpaired) electrons. The molecule has 3 aromatic heterocycles. The largest absolute Gasteiger partial charge is 0.444 e. The Morgan fingerprint density at radius 1 is 1.16 bits per heavy atom. The van der Waals surface area contributed by atoms with E-state index in [1.165, 1.54) is 0 Å². The molecule has 8 heteroatoms. The van der Waals surface area contributed by atoms with E-state index in [0.29, 0.717) is 6.54 Å². The Balaban J connectivity index is 1.59. The topological polar surface area (TPSA) is 86.3 Å². The smallest absolute Gasteiger partial charge is 0.407 e. The monoisotopic (exact) mass is 418 g/mol. The van der Waals surface area contributed by atoms with Crippen molar-refractivity contribution in [2.24, 2.45) is 7.05 Å². The molecule has 0 spiro atoms. The van der Waals surface area contributed by atoms with Crippen LogP contribution < -0.4 is 5.32 Å². The number of alkyl carbamates (subject to hydrolysis) is 1. The molecule has 1 amide bonds. The van der Waals surface area contributed by atoms with Crippen molar-refractivity contribution in [3.63, 3.8) is 0 Å². The van der Waals surface area contributed by atoms with E-state index in [4.69, 9.17) is 9.84 Å². The third-order valence-corrected chi connectivity index (χ3v) is 4.82. The molecule has 160 valence electrons. The average Bonchev–Trinajstić information content (AvgIpc) is 3.31. The Kier molecular flexibility index (Phi) is 5.22. The average molecular weight is 419 g/mol. The van der Waals surface area contributed by atoms with Gasteiger partial charge in [0.1, 0.15) is 5.60 Å². The molecule has 0 unspecified atom stereocenters. The van der Waals surface area contributed by atoms with E-state index < -0.39 is 11.7 Å². The Bertz CT molecular complexity index is 1250. The first-order chi connectivity index (χ1) is 14.7. The summed E-state index contributed by atoms with van der Waals surface area (Å²) in [5.41, 5.74) is 6.07. The highest BCUT2D eigenvalue weighted by molar-refractivity contribution is 5.69. The van der Waals surface area contributed by atoms with E-state index >= 15 is 0 Å². The van der Waals surface area contributed by atoms with Gasteiger partial charge in [0, 0.05) is 43.2 Å². The predicted molar refractivity (Wildman–Crippen MR) is 118 cm³/mol. The van der Waals surface area contributed by atoms with Crippen molar-refractivity contribution in [2.45, 2.75) is 39.8 Å². The van der Waals surface area contributed by atoms with Gasteiger partial charge in [-0.15, -0.1) is 0 Å². The van der Waals surface area contributed by atoms with Crippen LogP contribution in [0.5, 0.6) is 0 Å². The van der Waals surface area contributed by atoms with Gasteiger partial charge in [-0.05, 0) is 51.0 Å². The van der Waals surface area contributed by atoms with Gasteiger partial charge >= 0.3 is 6.09 Å². The van der Waals surface area contributed by atoms with Crippen LogP contribution in [0.4, 0.5) is 4.79 Å². The van der Waals surface area contributed by atoms with Gasteiger partial charge in [0.05, 0.1) is 17.6 Å². The van der Waals surface area contributed by atoms with Crippen molar-refractivity contribution in [3.05, 3.63) is 60.0 Å². The summed E-state index contributed by atoms with van der Waals surface area (Å²) < 4.78 is 8.90. The molecular weight excluding hydrogens is 392 g/mol. The first kappa shape index (κ1) is 20.6. The van der Waals surface area contributed by atoms with Crippen LogP contribution in [0.3, 0.4) is 0 Å². The summed E-state index contributed by atoms with van der Waals surface area (Å²) in [6.45, 7) is 7.96. The predicted octanol–water partition coefficient (Wildman–Crippen LogP) is 4.13. The molecule has 31 heavy (non-hydrogen) atoms. The number of carbonyl (C=O) groups is 1. The van der Waals surface area contributed by atoms with Crippen molar-refractivity contribution >= 4 is 11.7 Å². The third kappa shape index (κ3) is 4.58. The van der Waals surface area contributed by atoms with Gasteiger partial charge in [0.25, 0.3) is 0 Å². The van der Waals surface area contributed by atoms with Crippen molar-refractivity contribution in [1.82, 2.24) is 29.7 Å². The number of carbonyl (C=O) groups excluding carboxylic acids is 1. The van der Waals surface area contributed by atoms with Crippen LogP contribution in [0.2, 0.25) is 0 Å². The number of nitrogens with zero attached hydrogens (tertiary/aromatic N) is 5. The number of nitrogens with one attached hydrogen (secondary N) is 1. The maximum Gasteiger partial charge on any atom is 0.407 e. The molecule has 0 saturated carbocycles. The van der Waals surface area contributed by atoms with E-state index in [1.54, 1.807) is 17.1 Å². The van der Waals surface area contributed by atoms with Gasteiger partial charge in [0.15, 0.2) is 5.65 Å². The zero-order valence-electron chi connectivity index (χ0n) is 18.4. The van der Waals surface area contributed by atoms with Crippen LogP contribution in [-0.4, -0.2) is 36.1 Å². The quantitative estimate of drug-likeness (QED) is 0.539. The standard InChI is InChI=1S/C23H26N6O2/c1-15-10-16(6-7-17(15)12-25-22(30)31-23(2,3)4)20-8-9-24-21-11-19(27-29(20)21)18-13-26-28(5)14-18/h6-11,13-14H,12H2,1-5H3,(H,25,30). The maximum atomic E-state index is 11.9. The molecule has 1 N–H and O–H groups in total. The fourth-order valence-corrected chi connectivity index (χ4v) is 3.34. The highest BCUT2D eigenvalue weighted by Gasteiger charge is 2.16. The van der Waals surface area contributed by atoms with Gasteiger partial charge in [-0.1, -0.05) is 12.1 Å². The van der Waals surface area contributed by atoms with Gasteiger partial charge < -0.3 is 10.1 Å². The van der Waals surface area contributed by atoms with Crippen LogP contribution in [-0.2, 0) is 18.3 Å². The van der Waals surface area contributed by atoms with E-state index in [0.717, 1.165) is 39.3 Å². The second kappa shape index (κ2) is 7.86. The maximum absolute atomic E-state index is 11.9. The van der Waals surface area contributed by atoms with E-state index in [9.17, 15) is 4.79 Å². The highest BCUT2D eigenvalue weighted by atomic mass is 16.6. The summed E-state index contributed by atoms with van der Waals surface area (Å²) in [5, 5.41) is 11.8. The number of rotatable bonds is 4. The SMILES string of the molecule is Cc1cc(-c2ccnc3cc(-c4cnn(C)c4)nn23)ccc1CNC(=O)OC(C)(C)C.